The second-order valence-corrected chi connectivity index (χ2v) is 2.48. The fraction of sp³-hybridized carbons (Fsp3) is 0.375. The first-order valence-electron chi connectivity index (χ1n) is 3.66. The van der Waals surface area contributed by atoms with Crippen LogP contribution in [-0.4, -0.2) is 12.8 Å². The second kappa shape index (κ2) is 4.23. The van der Waals surface area contributed by atoms with Gasteiger partial charge >= 0.3 is 6.18 Å². The lowest BCUT2D eigenvalue weighted by atomic mass is 10.5. The Balaban J connectivity index is 2.29. The number of alkyl halides is 3. The normalized spacial score (nSPS) is 11.6. The summed E-state index contributed by atoms with van der Waals surface area (Å²) in [7, 11) is 0. The lowest BCUT2D eigenvalue weighted by Gasteiger charge is -2.04. The highest BCUT2D eigenvalue weighted by Crippen LogP contribution is 2.13. The van der Waals surface area contributed by atoms with Gasteiger partial charge in [-0.25, -0.2) is 0 Å². The van der Waals surface area contributed by atoms with Gasteiger partial charge in [-0.2, -0.15) is 17.7 Å². The van der Waals surface area contributed by atoms with Crippen molar-refractivity contribution in [2.75, 3.05) is 6.61 Å². The van der Waals surface area contributed by atoms with Crippen LogP contribution in [0.4, 0.5) is 13.2 Å². The molecule has 2 nitrogen and oxygen atoms in total. The zero-order valence-corrected chi connectivity index (χ0v) is 6.79. The molecular formula is C8H9F3NO+. The molecular weight excluding hydrogens is 183 g/mol. The summed E-state index contributed by atoms with van der Waals surface area (Å²) in [4.78, 5) is 0. The molecule has 1 aromatic rings. The summed E-state index contributed by atoms with van der Waals surface area (Å²) in [5.74, 6) is 0. The number of pyridine rings is 1. The average molecular weight is 192 g/mol. The summed E-state index contributed by atoms with van der Waals surface area (Å²) in [6, 6.07) is 5.22. The van der Waals surface area contributed by atoms with Crippen LogP contribution in [-0.2, 0) is 11.5 Å². The summed E-state index contributed by atoms with van der Waals surface area (Å²) >= 11 is 0. The van der Waals surface area contributed by atoms with Gasteiger partial charge in [0.05, 0.1) is 0 Å². The van der Waals surface area contributed by atoms with Gasteiger partial charge in [-0.1, -0.05) is 6.07 Å². The Morgan fingerprint density at radius 3 is 2.23 bits per heavy atom. The molecule has 0 aliphatic carbocycles. The maximum absolute atomic E-state index is 11.6. The summed E-state index contributed by atoms with van der Waals surface area (Å²) in [5, 5.41) is 0. The molecule has 1 rings (SSSR count). The van der Waals surface area contributed by atoms with Crippen LogP contribution >= 0.6 is 0 Å². The molecule has 0 bridgehead atoms. The minimum absolute atomic E-state index is 0.0830. The van der Waals surface area contributed by atoms with Crippen LogP contribution in [0.3, 0.4) is 0 Å². The average Bonchev–Trinajstić information content (AvgIpc) is 2.04. The number of halogens is 3. The van der Waals surface area contributed by atoms with E-state index in [9.17, 15) is 13.2 Å². The predicted molar refractivity (Wildman–Crippen MR) is 38.6 cm³/mol. The van der Waals surface area contributed by atoms with E-state index in [0.29, 0.717) is 0 Å². The maximum Gasteiger partial charge on any atom is 0.412 e. The number of hydrogen-bond acceptors (Lipinski definition) is 1. The van der Waals surface area contributed by atoms with Gasteiger partial charge in [0, 0.05) is 12.1 Å². The Morgan fingerprint density at radius 1 is 1.08 bits per heavy atom. The van der Waals surface area contributed by atoms with E-state index in [1.54, 1.807) is 30.6 Å². The SMILES string of the molecule is FC(F)(F)COC[n+]1ccccc1. The molecule has 1 aromatic heterocycles. The first-order valence-corrected chi connectivity index (χ1v) is 3.66. The van der Waals surface area contributed by atoms with Gasteiger partial charge in [0.25, 0.3) is 6.73 Å². The van der Waals surface area contributed by atoms with Crippen LogP contribution < -0.4 is 4.57 Å². The maximum atomic E-state index is 11.6. The van der Waals surface area contributed by atoms with Crippen LogP contribution in [0.2, 0.25) is 0 Å². The van der Waals surface area contributed by atoms with Crippen molar-refractivity contribution in [1.82, 2.24) is 0 Å². The van der Waals surface area contributed by atoms with E-state index in [1.807, 2.05) is 0 Å². The lowest BCUT2D eigenvalue weighted by Crippen LogP contribution is -2.35. The summed E-state index contributed by atoms with van der Waals surface area (Å²) in [6.07, 6.45) is -0.984. The number of nitrogens with zero attached hydrogens (tertiary/aromatic N) is 1. The van der Waals surface area contributed by atoms with Gasteiger partial charge in [0.1, 0.15) is 6.61 Å². The molecule has 72 valence electrons. The molecule has 13 heavy (non-hydrogen) atoms. The topological polar surface area (TPSA) is 13.1 Å². The van der Waals surface area contributed by atoms with E-state index in [2.05, 4.69) is 4.74 Å². The highest BCUT2D eigenvalue weighted by molar-refractivity contribution is 4.83. The van der Waals surface area contributed by atoms with E-state index < -0.39 is 12.8 Å². The Bertz CT molecular complexity index is 247. The summed E-state index contributed by atoms with van der Waals surface area (Å²) in [6.45, 7) is -1.30. The molecule has 0 fully saturated rings. The molecule has 0 spiro atoms. The number of aromatic nitrogens is 1. The van der Waals surface area contributed by atoms with Crippen molar-refractivity contribution in [3.8, 4) is 0 Å². The van der Waals surface area contributed by atoms with Gasteiger partial charge in [-0.3, -0.25) is 0 Å². The summed E-state index contributed by atoms with van der Waals surface area (Å²) < 4.78 is 40.8. The lowest BCUT2D eigenvalue weighted by molar-refractivity contribution is -0.733. The van der Waals surface area contributed by atoms with Crippen molar-refractivity contribution in [3.05, 3.63) is 30.6 Å². The van der Waals surface area contributed by atoms with Crippen molar-refractivity contribution in [2.45, 2.75) is 12.9 Å². The third-order valence-corrected chi connectivity index (χ3v) is 1.28. The van der Waals surface area contributed by atoms with Gasteiger partial charge in [0.15, 0.2) is 12.4 Å². The third-order valence-electron chi connectivity index (χ3n) is 1.28. The second-order valence-electron chi connectivity index (χ2n) is 2.48. The molecule has 0 saturated carbocycles. The first kappa shape index (κ1) is 9.98. The van der Waals surface area contributed by atoms with E-state index in [4.69, 9.17) is 0 Å². The van der Waals surface area contributed by atoms with Crippen molar-refractivity contribution >= 4 is 0 Å². The number of ether oxygens (including phenoxy) is 1. The fourth-order valence-electron chi connectivity index (χ4n) is 0.787. The largest absolute Gasteiger partial charge is 0.412 e. The van der Waals surface area contributed by atoms with Crippen molar-refractivity contribution < 1.29 is 22.5 Å². The molecule has 0 aliphatic rings. The van der Waals surface area contributed by atoms with Gasteiger partial charge in [-0.05, 0) is 0 Å². The Morgan fingerprint density at radius 2 is 1.69 bits per heavy atom. The van der Waals surface area contributed by atoms with E-state index in [0.717, 1.165) is 0 Å². The molecule has 0 aliphatic heterocycles. The van der Waals surface area contributed by atoms with Crippen molar-refractivity contribution in [3.63, 3.8) is 0 Å². The minimum atomic E-state index is -4.25. The van der Waals surface area contributed by atoms with Crippen LogP contribution in [0.5, 0.6) is 0 Å². The molecule has 0 aromatic carbocycles. The Kier molecular flexibility index (Phi) is 3.25. The van der Waals surface area contributed by atoms with Crippen LogP contribution in [0.15, 0.2) is 30.6 Å². The monoisotopic (exact) mass is 192 g/mol. The third kappa shape index (κ3) is 4.47. The molecule has 0 atom stereocenters. The van der Waals surface area contributed by atoms with Gasteiger partial charge < -0.3 is 4.74 Å². The smallest absolute Gasteiger partial charge is 0.314 e. The molecule has 5 heteroatoms. The molecule has 0 radical (unpaired) electrons. The van der Waals surface area contributed by atoms with Crippen molar-refractivity contribution in [2.24, 2.45) is 0 Å². The predicted octanol–water partition coefficient (Wildman–Crippen LogP) is 1.51. The fourth-order valence-corrected chi connectivity index (χ4v) is 0.787. The molecule has 0 unspecified atom stereocenters. The molecule has 0 N–H and O–H groups in total. The zero-order chi connectivity index (χ0) is 9.73. The molecule has 0 amide bonds. The highest BCUT2D eigenvalue weighted by Gasteiger charge is 2.27. The van der Waals surface area contributed by atoms with E-state index in [-0.39, 0.29) is 6.73 Å². The Hall–Kier alpha value is -1.10. The highest BCUT2D eigenvalue weighted by atomic mass is 19.4. The zero-order valence-electron chi connectivity index (χ0n) is 6.79. The Labute approximate surface area is 73.6 Å². The van der Waals surface area contributed by atoms with Crippen LogP contribution in [0, 0.1) is 0 Å². The number of hydrogen-bond donors (Lipinski definition) is 0. The van der Waals surface area contributed by atoms with Crippen molar-refractivity contribution in [1.29, 1.82) is 0 Å². The van der Waals surface area contributed by atoms with Gasteiger partial charge in [-0.15, -0.1) is 0 Å². The standard InChI is InChI=1S/C8H9F3NO/c9-8(10,11)6-13-7-12-4-2-1-3-5-12/h1-5H,6-7H2/q+1. The van der Waals surface area contributed by atoms with Crippen LogP contribution in [0.1, 0.15) is 0 Å². The van der Waals surface area contributed by atoms with E-state index >= 15 is 0 Å². The van der Waals surface area contributed by atoms with Crippen LogP contribution in [0.25, 0.3) is 0 Å². The summed E-state index contributed by atoms with van der Waals surface area (Å²) in [5.41, 5.74) is 0. The first-order chi connectivity index (χ1) is 6.08. The molecule has 1 heterocycles. The number of rotatable bonds is 3. The minimum Gasteiger partial charge on any atom is -0.314 e. The quantitative estimate of drug-likeness (QED) is 0.661. The molecule has 0 saturated heterocycles. The van der Waals surface area contributed by atoms with Gasteiger partial charge in [0.2, 0.25) is 0 Å². The van der Waals surface area contributed by atoms with E-state index in [1.165, 1.54) is 4.57 Å².